The highest BCUT2D eigenvalue weighted by molar-refractivity contribution is 5.90. The SMILES string of the molecule is N#CCC1(n2cc(-c3ncnc4[nH]ccc34)cn2)CN(C2CCC(Oc3cc(CCO)nc(C(F)(F)F)n3)CC2)C1.[HH]. The molecule has 1 saturated heterocycles. The van der Waals surface area contributed by atoms with Crippen molar-refractivity contribution in [3.63, 3.8) is 0 Å². The van der Waals surface area contributed by atoms with E-state index in [4.69, 9.17) is 9.84 Å². The summed E-state index contributed by atoms with van der Waals surface area (Å²) in [5.74, 6) is -1.38. The Bertz CT molecular complexity index is 1570. The summed E-state index contributed by atoms with van der Waals surface area (Å²) in [7, 11) is 0. The number of aromatic amines is 1. The number of fused-ring (bicyclic) bond motifs is 1. The second kappa shape index (κ2) is 10.7. The number of rotatable bonds is 8. The first-order valence-corrected chi connectivity index (χ1v) is 13.5. The standard InChI is InChI=1S/C27H28F3N9O2.H2/c28-27(29,30)25-36-18(6-10-40)11-22(37-25)41-20-3-1-19(2-4-20)38-14-26(15-38,7-8-31)39-13-17(12-35-39)23-21-5-9-32-24(21)34-16-33-23;/h5,9,11-13,16,19-20,40H,1-4,6-7,10,14-15H2,(H,32,33,34);1H. The molecule has 0 spiro atoms. The van der Waals surface area contributed by atoms with Gasteiger partial charge in [-0.2, -0.15) is 28.5 Å². The van der Waals surface area contributed by atoms with Crippen LogP contribution in [0.4, 0.5) is 13.2 Å². The van der Waals surface area contributed by atoms with Crippen molar-refractivity contribution in [1.82, 2.24) is 39.6 Å². The fraction of sp³-hybridized carbons (Fsp3) is 0.481. The molecule has 2 N–H and O–H groups in total. The van der Waals surface area contributed by atoms with Crippen molar-refractivity contribution in [3.8, 4) is 23.2 Å². The normalized spacial score (nSPS) is 21.0. The zero-order valence-electron chi connectivity index (χ0n) is 22.0. The van der Waals surface area contributed by atoms with Gasteiger partial charge in [0.1, 0.15) is 23.6 Å². The number of aliphatic hydroxyl groups is 1. The summed E-state index contributed by atoms with van der Waals surface area (Å²) in [6, 6.07) is 5.89. The highest BCUT2D eigenvalue weighted by atomic mass is 19.4. The topological polar surface area (TPSA) is 142 Å². The van der Waals surface area contributed by atoms with E-state index in [0.717, 1.165) is 35.1 Å². The summed E-state index contributed by atoms with van der Waals surface area (Å²) in [5, 5.41) is 24.3. The zero-order chi connectivity index (χ0) is 28.6. The largest absolute Gasteiger partial charge is 0.474 e. The smallest absolute Gasteiger partial charge is 0.451 e. The highest BCUT2D eigenvalue weighted by Crippen LogP contribution is 2.39. The quantitative estimate of drug-likeness (QED) is 0.325. The fourth-order valence-electron chi connectivity index (χ4n) is 5.86. The van der Waals surface area contributed by atoms with Crippen molar-refractivity contribution in [2.24, 2.45) is 0 Å². The third-order valence-electron chi connectivity index (χ3n) is 7.92. The Kier molecular flexibility index (Phi) is 7.08. The average molecular weight is 570 g/mol. The van der Waals surface area contributed by atoms with Gasteiger partial charge in [0.05, 0.1) is 30.1 Å². The molecule has 1 aliphatic carbocycles. The minimum absolute atomic E-state index is 0. The predicted molar refractivity (Wildman–Crippen MR) is 141 cm³/mol. The Morgan fingerprint density at radius 3 is 2.73 bits per heavy atom. The Morgan fingerprint density at radius 1 is 1.20 bits per heavy atom. The molecule has 0 atom stereocenters. The van der Waals surface area contributed by atoms with Gasteiger partial charge < -0.3 is 14.8 Å². The fourth-order valence-corrected chi connectivity index (χ4v) is 5.86. The third-order valence-corrected chi connectivity index (χ3v) is 7.92. The van der Waals surface area contributed by atoms with Crippen molar-refractivity contribution in [3.05, 3.63) is 48.6 Å². The molecule has 5 heterocycles. The van der Waals surface area contributed by atoms with Gasteiger partial charge in [0.25, 0.3) is 0 Å². The first-order valence-electron chi connectivity index (χ1n) is 13.5. The monoisotopic (exact) mass is 569 g/mol. The first kappa shape index (κ1) is 27.1. The van der Waals surface area contributed by atoms with Crippen LogP contribution in [0.25, 0.3) is 22.3 Å². The number of likely N-dealkylation sites (tertiary alicyclic amines) is 1. The van der Waals surface area contributed by atoms with Crippen LogP contribution < -0.4 is 4.74 Å². The lowest BCUT2D eigenvalue weighted by molar-refractivity contribution is -0.145. The van der Waals surface area contributed by atoms with Crippen LogP contribution in [-0.4, -0.2) is 76.5 Å². The van der Waals surface area contributed by atoms with Gasteiger partial charge >= 0.3 is 6.18 Å². The summed E-state index contributed by atoms with van der Waals surface area (Å²) in [6.45, 7) is 1.03. The van der Waals surface area contributed by atoms with Crippen LogP contribution in [0.5, 0.6) is 5.88 Å². The molecule has 1 saturated carbocycles. The third kappa shape index (κ3) is 5.34. The minimum Gasteiger partial charge on any atom is -0.474 e. The van der Waals surface area contributed by atoms with E-state index in [1.807, 2.05) is 23.1 Å². The molecule has 2 fully saturated rings. The second-order valence-electron chi connectivity index (χ2n) is 10.6. The van der Waals surface area contributed by atoms with Gasteiger partial charge in [0, 0.05) is 63.0 Å². The molecule has 0 unspecified atom stereocenters. The lowest BCUT2D eigenvalue weighted by atomic mass is 9.82. The molecule has 0 amide bonds. The van der Waals surface area contributed by atoms with Gasteiger partial charge in [0.15, 0.2) is 0 Å². The Labute approximate surface area is 234 Å². The van der Waals surface area contributed by atoms with Crippen LogP contribution in [0.3, 0.4) is 0 Å². The van der Waals surface area contributed by atoms with Crippen molar-refractivity contribution < 1.29 is 24.4 Å². The number of alkyl halides is 3. The molecule has 6 rings (SSSR count). The summed E-state index contributed by atoms with van der Waals surface area (Å²) in [4.78, 5) is 21.2. The number of nitriles is 1. The minimum atomic E-state index is -4.70. The van der Waals surface area contributed by atoms with Crippen LogP contribution in [0.2, 0.25) is 0 Å². The maximum Gasteiger partial charge on any atom is 0.451 e. The van der Waals surface area contributed by atoms with E-state index >= 15 is 0 Å². The van der Waals surface area contributed by atoms with Crippen molar-refractivity contribution >= 4 is 11.0 Å². The number of ether oxygens (including phenoxy) is 1. The van der Waals surface area contributed by atoms with E-state index in [1.54, 1.807) is 6.20 Å². The Hall–Kier alpha value is -4.09. The first-order chi connectivity index (χ1) is 19.8. The number of nitrogens with one attached hydrogen (secondary N) is 1. The van der Waals surface area contributed by atoms with E-state index in [0.29, 0.717) is 32.4 Å². The van der Waals surface area contributed by atoms with Gasteiger partial charge in [-0.25, -0.2) is 15.0 Å². The molecule has 4 aromatic heterocycles. The van der Waals surface area contributed by atoms with Crippen LogP contribution in [0, 0.1) is 11.3 Å². The van der Waals surface area contributed by atoms with Crippen LogP contribution in [-0.2, 0) is 18.1 Å². The molecule has 0 aromatic carbocycles. The number of hydrogen-bond donors (Lipinski definition) is 2. The number of H-pyrrole nitrogens is 1. The molecule has 2 aliphatic rings. The molecule has 0 radical (unpaired) electrons. The molecule has 14 heteroatoms. The Morgan fingerprint density at radius 2 is 2.00 bits per heavy atom. The van der Waals surface area contributed by atoms with Crippen molar-refractivity contribution in [2.45, 2.75) is 62.4 Å². The summed E-state index contributed by atoms with van der Waals surface area (Å²) in [6.07, 6.45) is 5.33. The molecular formula is C27H30F3N9O2. The summed E-state index contributed by atoms with van der Waals surface area (Å²) < 4.78 is 47.5. The molecule has 1 aliphatic heterocycles. The number of aliphatic hydroxyl groups excluding tert-OH is 1. The lowest BCUT2D eigenvalue weighted by Gasteiger charge is -2.53. The number of halogens is 3. The molecular weight excluding hydrogens is 539 g/mol. The maximum absolute atomic E-state index is 13.2. The van der Waals surface area contributed by atoms with E-state index in [-0.39, 0.29) is 38.2 Å². The van der Waals surface area contributed by atoms with Gasteiger partial charge in [-0.3, -0.25) is 9.58 Å². The number of hydrogen-bond acceptors (Lipinski definition) is 9. The summed E-state index contributed by atoms with van der Waals surface area (Å²) >= 11 is 0. The highest BCUT2D eigenvalue weighted by Gasteiger charge is 2.48. The zero-order valence-corrected chi connectivity index (χ0v) is 22.0. The predicted octanol–water partition coefficient (Wildman–Crippen LogP) is 3.73. The Balaban J connectivity index is 0.00000353. The van der Waals surface area contributed by atoms with Crippen LogP contribution in [0.1, 0.15) is 45.0 Å². The van der Waals surface area contributed by atoms with Crippen molar-refractivity contribution in [1.29, 1.82) is 5.26 Å². The van der Waals surface area contributed by atoms with Gasteiger partial charge in [-0.1, -0.05) is 0 Å². The molecule has 0 bridgehead atoms. The van der Waals surface area contributed by atoms with Crippen LogP contribution in [0.15, 0.2) is 37.1 Å². The molecule has 4 aromatic rings. The number of nitrogens with zero attached hydrogens (tertiary/aromatic N) is 8. The number of aromatic nitrogens is 7. The van der Waals surface area contributed by atoms with Crippen molar-refractivity contribution in [2.75, 3.05) is 19.7 Å². The molecule has 216 valence electrons. The van der Waals surface area contributed by atoms with E-state index in [9.17, 15) is 18.4 Å². The molecule has 11 nitrogen and oxygen atoms in total. The second-order valence-corrected chi connectivity index (χ2v) is 10.6. The average Bonchev–Trinajstić information content (AvgIpc) is 3.61. The summed E-state index contributed by atoms with van der Waals surface area (Å²) in [5.41, 5.74) is 2.02. The van der Waals surface area contributed by atoms with E-state index < -0.39 is 17.5 Å². The lowest BCUT2D eigenvalue weighted by Crippen LogP contribution is -2.65. The van der Waals surface area contributed by atoms with E-state index in [2.05, 4.69) is 41.0 Å². The molecule has 41 heavy (non-hydrogen) atoms. The van der Waals surface area contributed by atoms with E-state index in [1.165, 1.54) is 12.4 Å². The maximum atomic E-state index is 13.2. The van der Waals surface area contributed by atoms with Gasteiger partial charge in [0.2, 0.25) is 11.7 Å². The van der Waals surface area contributed by atoms with Gasteiger partial charge in [-0.15, -0.1) is 0 Å². The van der Waals surface area contributed by atoms with Gasteiger partial charge in [-0.05, 0) is 31.7 Å². The van der Waals surface area contributed by atoms with Crippen LogP contribution >= 0.6 is 0 Å².